The number of carbonyl (C=O) groups is 1. The molecule has 2 N–H and O–H groups in total. The van der Waals surface area contributed by atoms with Crippen molar-refractivity contribution in [3.63, 3.8) is 0 Å². The largest absolute Gasteiger partial charge is 0.397 e. The lowest BCUT2D eigenvalue weighted by atomic mass is 10.2. The number of aromatic nitrogens is 1. The third-order valence-electron chi connectivity index (χ3n) is 2.64. The van der Waals surface area contributed by atoms with Crippen LogP contribution in [0.3, 0.4) is 0 Å². The average Bonchev–Trinajstić information content (AvgIpc) is 2.31. The molecule has 102 valence electrons. The van der Waals surface area contributed by atoms with Gasteiger partial charge in [-0.2, -0.15) is 0 Å². The summed E-state index contributed by atoms with van der Waals surface area (Å²) in [5.41, 5.74) is 6.85. The van der Waals surface area contributed by atoms with Crippen molar-refractivity contribution in [3.8, 4) is 0 Å². The third kappa shape index (κ3) is 4.89. The summed E-state index contributed by atoms with van der Waals surface area (Å²) in [4.78, 5) is 17.7. The fourth-order valence-electron chi connectivity index (χ4n) is 1.42. The minimum atomic E-state index is 0. The molecule has 1 unspecified atom stereocenters. The molecule has 0 saturated heterocycles. The predicted octanol–water partition coefficient (Wildman–Crippen LogP) is 1.12. The fraction of sp³-hybridized carbons (Fsp3) is 0.500. The molecule has 0 saturated carbocycles. The van der Waals surface area contributed by atoms with Crippen LogP contribution >= 0.6 is 12.4 Å². The van der Waals surface area contributed by atoms with Gasteiger partial charge in [0.05, 0.1) is 31.0 Å². The van der Waals surface area contributed by atoms with Crippen molar-refractivity contribution in [1.82, 2.24) is 9.88 Å². The van der Waals surface area contributed by atoms with Crippen LogP contribution in [0.5, 0.6) is 0 Å². The minimum Gasteiger partial charge on any atom is -0.397 e. The van der Waals surface area contributed by atoms with Crippen LogP contribution in [0.25, 0.3) is 0 Å². The Bertz CT molecular complexity index is 370. The molecule has 0 radical (unpaired) electrons. The van der Waals surface area contributed by atoms with E-state index in [2.05, 4.69) is 4.98 Å². The first-order valence-electron chi connectivity index (χ1n) is 5.49. The number of hydrogen-bond acceptors (Lipinski definition) is 4. The summed E-state index contributed by atoms with van der Waals surface area (Å²) in [5, 5.41) is 0. The highest BCUT2D eigenvalue weighted by Gasteiger charge is 2.16. The highest BCUT2D eigenvalue weighted by Crippen LogP contribution is 2.05. The number of nitrogens with zero attached hydrogens (tertiary/aromatic N) is 2. The maximum absolute atomic E-state index is 11.9. The van der Waals surface area contributed by atoms with E-state index in [-0.39, 0.29) is 30.8 Å². The van der Waals surface area contributed by atoms with Crippen LogP contribution in [0.4, 0.5) is 5.69 Å². The molecule has 5 nitrogen and oxygen atoms in total. The van der Waals surface area contributed by atoms with E-state index < -0.39 is 0 Å². The molecule has 0 fully saturated rings. The van der Waals surface area contributed by atoms with Crippen molar-refractivity contribution in [3.05, 3.63) is 24.0 Å². The third-order valence-corrected chi connectivity index (χ3v) is 2.64. The summed E-state index contributed by atoms with van der Waals surface area (Å²) in [7, 11) is 3.39. The van der Waals surface area contributed by atoms with Crippen LogP contribution in [-0.2, 0) is 16.0 Å². The Hall–Kier alpha value is -1.33. The van der Waals surface area contributed by atoms with Gasteiger partial charge in [-0.25, -0.2) is 0 Å². The summed E-state index contributed by atoms with van der Waals surface area (Å²) in [5.74, 6) is 0.0202. The number of halogens is 1. The molecular weight excluding hydrogens is 254 g/mol. The van der Waals surface area contributed by atoms with Crippen molar-refractivity contribution in [2.24, 2.45) is 0 Å². The standard InChI is InChI=1S/C12H19N3O2.ClH/c1-9(8-17-3)15(2)12(16)6-11-5-4-10(13)7-14-11;/h4-5,7,9H,6,8,13H2,1-3H3;1H. The zero-order valence-electron chi connectivity index (χ0n) is 10.9. The van der Waals surface area contributed by atoms with Gasteiger partial charge in [0, 0.05) is 19.9 Å². The second-order valence-electron chi connectivity index (χ2n) is 4.07. The van der Waals surface area contributed by atoms with Gasteiger partial charge in [0.25, 0.3) is 0 Å². The van der Waals surface area contributed by atoms with Crippen LogP contribution in [0.15, 0.2) is 18.3 Å². The number of nitrogen functional groups attached to an aromatic ring is 1. The van der Waals surface area contributed by atoms with Gasteiger partial charge in [0.2, 0.25) is 5.91 Å². The van der Waals surface area contributed by atoms with Crippen molar-refractivity contribution in [2.75, 3.05) is 26.5 Å². The summed E-state index contributed by atoms with van der Waals surface area (Å²) in [6.07, 6.45) is 1.84. The number of hydrogen-bond donors (Lipinski definition) is 1. The Balaban J connectivity index is 0.00000289. The van der Waals surface area contributed by atoms with E-state index in [4.69, 9.17) is 10.5 Å². The van der Waals surface area contributed by atoms with Crippen LogP contribution in [0.2, 0.25) is 0 Å². The first-order chi connectivity index (χ1) is 8.04. The maximum Gasteiger partial charge on any atom is 0.228 e. The first kappa shape index (κ1) is 16.7. The zero-order chi connectivity index (χ0) is 12.8. The van der Waals surface area contributed by atoms with Gasteiger partial charge >= 0.3 is 0 Å². The summed E-state index contributed by atoms with van der Waals surface area (Å²) >= 11 is 0. The van der Waals surface area contributed by atoms with E-state index in [1.807, 2.05) is 6.92 Å². The Morgan fingerprint density at radius 3 is 2.72 bits per heavy atom. The average molecular weight is 274 g/mol. The monoisotopic (exact) mass is 273 g/mol. The smallest absolute Gasteiger partial charge is 0.228 e. The summed E-state index contributed by atoms with van der Waals surface area (Å²) in [6.45, 7) is 2.47. The van der Waals surface area contributed by atoms with Crippen molar-refractivity contribution < 1.29 is 9.53 Å². The Labute approximate surface area is 114 Å². The molecule has 0 aliphatic heterocycles. The molecular formula is C12H20ClN3O2. The number of ether oxygens (including phenoxy) is 1. The molecule has 1 atom stereocenters. The van der Waals surface area contributed by atoms with E-state index in [0.717, 1.165) is 5.69 Å². The maximum atomic E-state index is 11.9. The number of anilines is 1. The van der Waals surface area contributed by atoms with E-state index >= 15 is 0 Å². The number of likely N-dealkylation sites (N-methyl/N-ethyl adjacent to an activating group) is 1. The molecule has 1 aromatic heterocycles. The van der Waals surface area contributed by atoms with Crippen molar-refractivity contribution >= 4 is 24.0 Å². The molecule has 0 aliphatic rings. The van der Waals surface area contributed by atoms with E-state index in [1.54, 1.807) is 37.4 Å². The van der Waals surface area contributed by atoms with Gasteiger partial charge in [0.15, 0.2) is 0 Å². The van der Waals surface area contributed by atoms with Gasteiger partial charge < -0.3 is 15.4 Å². The van der Waals surface area contributed by atoms with Gasteiger partial charge in [-0.3, -0.25) is 9.78 Å². The van der Waals surface area contributed by atoms with E-state index in [9.17, 15) is 4.79 Å². The molecule has 0 aromatic carbocycles. The van der Waals surface area contributed by atoms with E-state index in [1.165, 1.54) is 0 Å². The highest BCUT2D eigenvalue weighted by atomic mass is 35.5. The second kappa shape index (κ2) is 7.89. The summed E-state index contributed by atoms with van der Waals surface area (Å²) in [6, 6.07) is 3.57. The van der Waals surface area contributed by atoms with E-state index in [0.29, 0.717) is 12.3 Å². The summed E-state index contributed by atoms with van der Waals surface area (Å²) < 4.78 is 5.01. The minimum absolute atomic E-state index is 0. The molecule has 18 heavy (non-hydrogen) atoms. The quantitative estimate of drug-likeness (QED) is 0.873. The van der Waals surface area contributed by atoms with Crippen molar-refractivity contribution in [2.45, 2.75) is 19.4 Å². The Kier molecular flexibility index (Phi) is 7.31. The van der Waals surface area contributed by atoms with Crippen molar-refractivity contribution in [1.29, 1.82) is 0 Å². The fourth-order valence-corrected chi connectivity index (χ4v) is 1.42. The van der Waals surface area contributed by atoms with Crippen LogP contribution < -0.4 is 5.73 Å². The topological polar surface area (TPSA) is 68.5 Å². The van der Waals surface area contributed by atoms with Gasteiger partial charge in [-0.1, -0.05) is 0 Å². The molecule has 1 amide bonds. The zero-order valence-corrected chi connectivity index (χ0v) is 11.7. The molecule has 0 aliphatic carbocycles. The number of methoxy groups -OCH3 is 1. The lowest BCUT2D eigenvalue weighted by molar-refractivity contribution is -0.131. The van der Waals surface area contributed by atoms with Gasteiger partial charge in [0.1, 0.15) is 0 Å². The SMILES string of the molecule is COCC(C)N(C)C(=O)Cc1ccc(N)cn1.Cl. The Morgan fingerprint density at radius 1 is 1.56 bits per heavy atom. The second-order valence-corrected chi connectivity index (χ2v) is 4.07. The number of nitrogens with two attached hydrogens (primary N) is 1. The lowest BCUT2D eigenvalue weighted by Crippen LogP contribution is -2.38. The van der Waals surface area contributed by atoms with Crippen LogP contribution in [0, 0.1) is 0 Å². The molecule has 0 bridgehead atoms. The van der Waals surface area contributed by atoms with Crippen LogP contribution in [0.1, 0.15) is 12.6 Å². The van der Waals surface area contributed by atoms with Gasteiger partial charge in [-0.15, -0.1) is 12.4 Å². The van der Waals surface area contributed by atoms with Crippen LogP contribution in [-0.4, -0.2) is 42.6 Å². The lowest BCUT2D eigenvalue weighted by Gasteiger charge is -2.24. The predicted molar refractivity (Wildman–Crippen MR) is 73.7 cm³/mol. The highest BCUT2D eigenvalue weighted by molar-refractivity contribution is 5.85. The number of carbonyl (C=O) groups excluding carboxylic acids is 1. The number of rotatable bonds is 5. The molecule has 1 aromatic rings. The normalized spacial score (nSPS) is 11.5. The molecule has 1 rings (SSSR count). The molecule has 1 heterocycles. The Morgan fingerprint density at radius 2 is 2.22 bits per heavy atom. The van der Waals surface area contributed by atoms with Gasteiger partial charge in [-0.05, 0) is 19.1 Å². The molecule has 6 heteroatoms. The molecule has 0 spiro atoms. The first-order valence-corrected chi connectivity index (χ1v) is 5.49. The number of amides is 1. The number of pyridine rings is 1.